The highest BCUT2D eigenvalue weighted by Gasteiger charge is 2.20. The number of para-hydroxylation sites is 1. The van der Waals surface area contributed by atoms with Crippen molar-refractivity contribution in [2.24, 2.45) is 0 Å². The summed E-state index contributed by atoms with van der Waals surface area (Å²) in [5.41, 5.74) is 2.78. The van der Waals surface area contributed by atoms with Crippen molar-refractivity contribution in [2.75, 3.05) is 6.61 Å². The molecule has 0 aliphatic carbocycles. The molecule has 3 aromatic carbocycles. The van der Waals surface area contributed by atoms with Crippen LogP contribution in [0.1, 0.15) is 34.0 Å². The van der Waals surface area contributed by atoms with Crippen molar-refractivity contribution in [3.63, 3.8) is 0 Å². The van der Waals surface area contributed by atoms with Crippen molar-refractivity contribution >= 4 is 11.9 Å². The predicted molar refractivity (Wildman–Crippen MR) is 115 cm³/mol. The van der Waals surface area contributed by atoms with Gasteiger partial charge < -0.3 is 14.7 Å². The van der Waals surface area contributed by atoms with Crippen molar-refractivity contribution in [1.29, 1.82) is 0 Å². The molecule has 0 radical (unpaired) electrons. The lowest BCUT2D eigenvalue weighted by molar-refractivity contribution is -0.134. The van der Waals surface area contributed by atoms with Gasteiger partial charge in [0, 0.05) is 13.1 Å². The number of carbonyl (C=O) groups excluding carboxylic acids is 1. The molecule has 0 saturated carbocycles. The smallest absolute Gasteiger partial charge is 0.339 e. The average Bonchev–Trinajstić information content (AvgIpc) is 2.78. The minimum absolute atomic E-state index is 0.321. The van der Waals surface area contributed by atoms with Gasteiger partial charge in [0.2, 0.25) is 0 Å². The SMILES string of the molecule is CCc1ccccc1CN(Cc1ccccc1)C(=O)COc1c(F)cccc1C(=O)O. The van der Waals surface area contributed by atoms with Crippen molar-refractivity contribution in [3.8, 4) is 5.75 Å². The number of carboxylic acid groups (broad SMARTS) is 1. The molecule has 0 unspecified atom stereocenters. The zero-order valence-corrected chi connectivity index (χ0v) is 17.3. The molecule has 0 spiro atoms. The molecule has 3 rings (SSSR count). The predicted octanol–water partition coefficient (Wildman–Crippen LogP) is 4.69. The monoisotopic (exact) mass is 421 g/mol. The van der Waals surface area contributed by atoms with E-state index >= 15 is 0 Å². The summed E-state index contributed by atoms with van der Waals surface area (Å²) in [4.78, 5) is 26.0. The quantitative estimate of drug-likeness (QED) is 0.544. The van der Waals surface area contributed by atoms with Gasteiger partial charge in [0.1, 0.15) is 5.56 Å². The molecule has 1 amide bonds. The highest BCUT2D eigenvalue weighted by atomic mass is 19.1. The molecule has 0 aliphatic heterocycles. The van der Waals surface area contributed by atoms with Crippen LogP contribution in [-0.2, 0) is 24.3 Å². The van der Waals surface area contributed by atoms with Gasteiger partial charge in [0.25, 0.3) is 5.91 Å². The van der Waals surface area contributed by atoms with Gasteiger partial charge in [-0.05, 0) is 35.2 Å². The van der Waals surface area contributed by atoms with Crippen molar-refractivity contribution in [1.82, 2.24) is 4.90 Å². The Morgan fingerprint density at radius 3 is 2.26 bits per heavy atom. The fourth-order valence-electron chi connectivity index (χ4n) is 3.35. The molecule has 0 heterocycles. The zero-order valence-electron chi connectivity index (χ0n) is 17.3. The fraction of sp³-hybridized carbons (Fsp3) is 0.200. The van der Waals surface area contributed by atoms with Crippen LogP contribution in [0.4, 0.5) is 4.39 Å². The van der Waals surface area contributed by atoms with Gasteiger partial charge in [-0.25, -0.2) is 9.18 Å². The summed E-state index contributed by atoms with van der Waals surface area (Å²) in [6.45, 7) is 2.30. The topological polar surface area (TPSA) is 66.8 Å². The molecule has 3 aromatic rings. The van der Waals surface area contributed by atoms with Gasteiger partial charge in [-0.15, -0.1) is 0 Å². The number of ether oxygens (including phenoxy) is 1. The highest BCUT2D eigenvalue weighted by molar-refractivity contribution is 5.91. The summed E-state index contributed by atoms with van der Waals surface area (Å²) in [7, 11) is 0. The number of rotatable bonds is 9. The minimum atomic E-state index is -1.32. The molecule has 0 fully saturated rings. The first-order valence-electron chi connectivity index (χ1n) is 10.0. The number of nitrogens with zero attached hydrogens (tertiary/aromatic N) is 1. The van der Waals surface area contributed by atoms with Gasteiger partial charge >= 0.3 is 5.97 Å². The molecule has 160 valence electrons. The molecule has 0 saturated heterocycles. The molecular weight excluding hydrogens is 397 g/mol. The lowest BCUT2D eigenvalue weighted by Gasteiger charge is -2.24. The largest absolute Gasteiger partial charge is 0.480 e. The van der Waals surface area contributed by atoms with Crippen LogP contribution >= 0.6 is 0 Å². The Morgan fingerprint density at radius 2 is 1.58 bits per heavy atom. The summed E-state index contributed by atoms with van der Waals surface area (Å²) in [6, 6.07) is 21.1. The maximum atomic E-state index is 14.1. The number of halogens is 1. The Kier molecular flexibility index (Phi) is 7.38. The second kappa shape index (κ2) is 10.4. The van der Waals surface area contributed by atoms with E-state index in [0.717, 1.165) is 29.2 Å². The van der Waals surface area contributed by atoms with Gasteiger partial charge in [0.05, 0.1) is 0 Å². The first kappa shape index (κ1) is 22.0. The summed E-state index contributed by atoms with van der Waals surface area (Å²) >= 11 is 0. The molecule has 5 nitrogen and oxygen atoms in total. The first-order chi connectivity index (χ1) is 15.0. The third kappa shape index (κ3) is 5.69. The number of hydrogen-bond acceptors (Lipinski definition) is 3. The number of aryl methyl sites for hydroxylation is 1. The van der Waals surface area contributed by atoms with Crippen molar-refractivity contribution < 1.29 is 23.8 Å². The van der Waals surface area contributed by atoms with E-state index in [4.69, 9.17) is 4.74 Å². The molecule has 0 aliphatic rings. The van der Waals surface area contributed by atoms with E-state index in [2.05, 4.69) is 6.92 Å². The lowest BCUT2D eigenvalue weighted by Crippen LogP contribution is -2.34. The Morgan fingerprint density at radius 1 is 0.903 bits per heavy atom. The summed E-state index contributed by atoms with van der Waals surface area (Å²) in [6.07, 6.45) is 0.831. The van der Waals surface area contributed by atoms with Crippen molar-refractivity contribution in [2.45, 2.75) is 26.4 Å². The number of carboxylic acids is 1. The molecule has 0 bridgehead atoms. The normalized spacial score (nSPS) is 10.5. The van der Waals surface area contributed by atoms with E-state index in [1.165, 1.54) is 12.1 Å². The van der Waals surface area contributed by atoms with Crippen molar-refractivity contribution in [3.05, 3.63) is 101 Å². The van der Waals surface area contributed by atoms with Gasteiger partial charge in [-0.3, -0.25) is 4.79 Å². The van der Waals surface area contributed by atoms with Gasteiger partial charge in [0.15, 0.2) is 18.2 Å². The van der Waals surface area contributed by atoms with Crippen LogP contribution in [0.5, 0.6) is 5.75 Å². The van der Waals surface area contributed by atoms with Crippen LogP contribution in [0.3, 0.4) is 0 Å². The molecule has 31 heavy (non-hydrogen) atoms. The van der Waals surface area contributed by atoms with Crippen LogP contribution in [0.25, 0.3) is 0 Å². The van der Waals surface area contributed by atoms with Crippen LogP contribution in [0, 0.1) is 5.82 Å². The van der Waals surface area contributed by atoms with E-state index in [-0.39, 0.29) is 11.5 Å². The molecule has 0 aromatic heterocycles. The highest BCUT2D eigenvalue weighted by Crippen LogP contribution is 2.23. The fourth-order valence-corrected chi connectivity index (χ4v) is 3.35. The third-order valence-corrected chi connectivity index (χ3v) is 4.97. The summed E-state index contributed by atoms with van der Waals surface area (Å²) in [5.74, 6) is -2.94. The van der Waals surface area contributed by atoms with Gasteiger partial charge in [-0.2, -0.15) is 0 Å². The Balaban J connectivity index is 1.82. The average molecular weight is 421 g/mol. The Hall–Kier alpha value is -3.67. The molecule has 6 heteroatoms. The zero-order chi connectivity index (χ0) is 22.2. The van der Waals surface area contributed by atoms with Gasteiger partial charge in [-0.1, -0.05) is 67.6 Å². The maximum Gasteiger partial charge on any atom is 0.339 e. The number of hydrogen-bond donors (Lipinski definition) is 1. The van der Waals surface area contributed by atoms with E-state index in [1.807, 2.05) is 54.6 Å². The molecular formula is C25H24FNO4. The lowest BCUT2D eigenvalue weighted by atomic mass is 10.0. The minimum Gasteiger partial charge on any atom is -0.480 e. The summed E-state index contributed by atoms with van der Waals surface area (Å²) < 4.78 is 19.5. The van der Waals surface area contributed by atoms with Crippen LogP contribution in [0.2, 0.25) is 0 Å². The number of benzene rings is 3. The maximum absolute atomic E-state index is 14.1. The number of carbonyl (C=O) groups is 2. The van der Waals surface area contributed by atoms with E-state index in [9.17, 15) is 19.1 Å². The third-order valence-electron chi connectivity index (χ3n) is 4.97. The molecule has 1 N–H and O–H groups in total. The Bertz CT molecular complexity index is 1050. The van der Waals surface area contributed by atoms with Crippen LogP contribution in [-0.4, -0.2) is 28.5 Å². The number of aromatic carboxylic acids is 1. The van der Waals surface area contributed by atoms with Crippen LogP contribution in [0.15, 0.2) is 72.8 Å². The second-order valence-corrected chi connectivity index (χ2v) is 7.07. The first-order valence-corrected chi connectivity index (χ1v) is 10.0. The second-order valence-electron chi connectivity index (χ2n) is 7.07. The standard InChI is InChI=1S/C25H24FNO4/c1-2-19-11-6-7-12-20(19)16-27(15-18-9-4-3-5-10-18)23(28)17-31-24-21(25(29)30)13-8-14-22(24)26/h3-14H,2,15-17H2,1H3,(H,29,30). The van der Waals surface area contributed by atoms with E-state index in [1.54, 1.807) is 4.90 Å². The molecule has 0 atom stereocenters. The van der Waals surface area contributed by atoms with E-state index in [0.29, 0.717) is 13.1 Å². The van der Waals surface area contributed by atoms with Crippen LogP contribution < -0.4 is 4.74 Å². The summed E-state index contributed by atoms with van der Waals surface area (Å²) in [5, 5.41) is 9.27. The van der Waals surface area contributed by atoms with E-state index < -0.39 is 24.1 Å². The number of amides is 1. The Labute approximate surface area is 180 Å².